The molecule has 9 nitrogen and oxygen atoms in total. The number of hydrogen-bond acceptors (Lipinski definition) is 6. The largest absolute Gasteiger partial charge is 0.505 e. The van der Waals surface area contributed by atoms with E-state index in [1.165, 1.54) is 0 Å². The molecule has 1 amide bonds. The zero-order chi connectivity index (χ0) is 25.9. The van der Waals surface area contributed by atoms with Crippen molar-refractivity contribution in [2.45, 2.75) is 39.3 Å². The van der Waals surface area contributed by atoms with Gasteiger partial charge in [0.15, 0.2) is 5.76 Å². The zero-order valence-corrected chi connectivity index (χ0v) is 20.9. The van der Waals surface area contributed by atoms with Gasteiger partial charge < -0.3 is 19.3 Å². The van der Waals surface area contributed by atoms with E-state index in [4.69, 9.17) is 4.74 Å². The molecule has 1 aliphatic heterocycles. The lowest BCUT2D eigenvalue weighted by Crippen LogP contribution is -2.31. The van der Waals surface area contributed by atoms with Crippen molar-refractivity contribution in [3.8, 4) is 5.75 Å². The van der Waals surface area contributed by atoms with Gasteiger partial charge in [0, 0.05) is 31.7 Å². The smallest absolute Gasteiger partial charge is 0.295 e. The number of aliphatic hydroxyl groups is 1. The van der Waals surface area contributed by atoms with Crippen LogP contribution in [-0.2, 0) is 16.1 Å². The normalized spacial score (nSPS) is 17.1. The monoisotopic (exact) mass is 499 g/mol. The van der Waals surface area contributed by atoms with Crippen molar-refractivity contribution in [1.82, 2.24) is 23.8 Å². The summed E-state index contributed by atoms with van der Waals surface area (Å²) in [5, 5.41) is 11.6. The molecule has 4 heterocycles. The van der Waals surface area contributed by atoms with Gasteiger partial charge in [0.05, 0.1) is 30.2 Å². The summed E-state index contributed by atoms with van der Waals surface area (Å²) < 4.78 is 9.37. The number of amides is 1. The van der Waals surface area contributed by atoms with Gasteiger partial charge in [-0.15, -0.1) is 0 Å². The Labute approximate surface area is 214 Å². The number of nitrogens with zero attached hydrogens (tertiary/aromatic N) is 5. The van der Waals surface area contributed by atoms with Crippen LogP contribution in [0.3, 0.4) is 0 Å². The van der Waals surface area contributed by atoms with Crippen LogP contribution in [0.4, 0.5) is 0 Å². The van der Waals surface area contributed by atoms with Crippen molar-refractivity contribution in [1.29, 1.82) is 0 Å². The first kappa shape index (κ1) is 24.3. The number of fused-ring (bicyclic) bond motifs is 1. The number of Topliss-reactive ketones (excluding diaryl/α,β-unsaturated/α-hetero) is 1. The van der Waals surface area contributed by atoms with Crippen LogP contribution >= 0.6 is 0 Å². The van der Waals surface area contributed by atoms with E-state index in [2.05, 4.69) is 9.97 Å². The number of likely N-dealkylation sites (tertiary alicyclic amines) is 1. The second-order valence-corrected chi connectivity index (χ2v) is 9.04. The van der Waals surface area contributed by atoms with E-state index in [1.807, 2.05) is 60.2 Å². The van der Waals surface area contributed by atoms with Gasteiger partial charge in [-0.1, -0.05) is 25.1 Å². The van der Waals surface area contributed by atoms with Crippen molar-refractivity contribution in [3.63, 3.8) is 0 Å². The van der Waals surface area contributed by atoms with Crippen molar-refractivity contribution in [3.05, 3.63) is 89.9 Å². The van der Waals surface area contributed by atoms with Gasteiger partial charge >= 0.3 is 0 Å². The Morgan fingerprint density at radius 1 is 1.08 bits per heavy atom. The molecule has 5 rings (SSSR count). The number of carbonyl (C=O) groups excluding carboxylic acids is 2. The summed E-state index contributed by atoms with van der Waals surface area (Å²) in [6, 6.07) is 12.1. The Hall–Kier alpha value is -4.40. The van der Waals surface area contributed by atoms with E-state index in [0.29, 0.717) is 48.9 Å². The second kappa shape index (κ2) is 10.3. The number of benzene rings is 1. The lowest BCUT2D eigenvalue weighted by atomic mass is 9.96. The van der Waals surface area contributed by atoms with Crippen molar-refractivity contribution >= 4 is 23.1 Å². The third-order valence-corrected chi connectivity index (χ3v) is 6.51. The lowest BCUT2D eigenvalue weighted by Gasteiger charge is -2.25. The van der Waals surface area contributed by atoms with Gasteiger partial charge in [-0.2, -0.15) is 0 Å². The van der Waals surface area contributed by atoms with E-state index in [-0.39, 0.29) is 11.3 Å². The van der Waals surface area contributed by atoms with Gasteiger partial charge in [-0.05, 0) is 49.6 Å². The quantitative estimate of drug-likeness (QED) is 0.211. The van der Waals surface area contributed by atoms with Gasteiger partial charge in [-0.25, -0.2) is 9.97 Å². The van der Waals surface area contributed by atoms with Crippen LogP contribution in [0, 0.1) is 6.92 Å². The molecule has 0 aliphatic carbocycles. The first-order valence-electron chi connectivity index (χ1n) is 12.4. The van der Waals surface area contributed by atoms with Crippen molar-refractivity contribution < 1.29 is 19.4 Å². The van der Waals surface area contributed by atoms with Gasteiger partial charge in [-0.3, -0.25) is 14.0 Å². The van der Waals surface area contributed by atoms with E-state index >= 15 is 0 Å². The summed E-state index contributed by atoms with van der Waals surface area (Å²) >= 11 is 0. The number of ether oxygens (including phenoxy) is 1. The van der Waals surface area contributed by atoms with Crippen LogP contribution in [0.5, 0.6) is 5.75 Å². The molecule has 0 saturated carbocycles. The van der Waals surface area contributed by atoms with Crippen LogP contribution in [0.2, 0.25) is 0 Å². The first-order chi connectivity index (χ1) is 18.0. The summed E-state index contributed by atoms with van der Waals surface area (Å²) in [7, 11) is 0. The molecule has 1 N–H and O–H groups in total. The van der Waals surface area contributed by atoms with Crippen molar-refractivity contribution in [2.75, 3.05) is 13.2 Å². The Balaban J connectivity index is 1.57. The third-order valence-electron chi connectivity index (χ3n) is 6.51. The summed E-state index contributed by atoms with van der Waals surface area (Å²) in [4.78, 5) is 36.8. The molecular formula is C28H29N5O4. The summed E-state index contributed by atoms with van der Waals surface area (Å²) in [6.45, 7) is 5.39. The molecule has 0 spiro atoms. The number of aromatic nitrogens is 4. The molecule has 0 bridgehead atoms. The first-order valence-corrected chi connectivity index (χ1v) is 12.4. The number of imidazole rings is 2. The zero-order valence-electron chi connectivity index (χ0n) is 20.9. The highest BCUT2D eigenvalue weighted by molar-refractivity contribution is 6.46. The van der Waals surface area contributed by atoms with Crippen LogP contribution in [0.25, 0.3) is 11.4 Å². The highest BCUT2D eigenvalue weighted by atomic mass is 16.5. The SMILES string of the molecule is CCCOc1ccc(C2/C(=C(\O)c3c(C)nc4ccccn34)C(=O)C(=O)N2CCCn2ccnc2)cc1. The molecule has 3 aromatic heterocycles. The van der Waals surface area contributed by atoms with E-state index in [0.717, 1.165) is 12.0 Å². The highest BCUT2D eigenvalue weighted by Gasteiger charge is 2.46. The maximum Gasteiger partial charge on any atom is 0.295 e. The Morgan fingerprint density at radius 2 is 1.89 bits per heavy atom. The minimum absolute atomic E-state index is 0.0589. The van der Waals surface area contributed by atoms with E-state index in [1.54, 1.807) is 34.9 Å². The minimum Gasteiger partial charge on any atom is -0.505 e. The maximum atomic E-state index is 13.4. The van der Waals surface area contributed by atoms with Crippen LogP contribution in [-0.4, -0.2) is 53.8 Å². The molecule has 1 fully saturated rings. The molecule has 1 aliphatic rings. The van der Waals surface area contributed by atoms with Gasteiger partial charge in [0.1, 0.15) is 17.1 Å². The number of aliphatic hydroxyl groups excluding tert-OH is 1. The second-order valence-electron chi connectivity index (χ2n) is 9.04. The summed E-state index contributed by atoms with van der Waals surface area (Å²) in [5.41, 5.74) is 2.39. The average Bonchev–Trinajstić information content (AvgIpc) is 3.60. The number of carbonyl (C=O) groups is 2. The molecule has 1 atom stereocenters. The van der Waals surface area contributed by atoms with Crippen LogP contribution in [0.15, 0.2) is 73.0 Å². The standard InChI is InChI=1S/C28H29N5O4/c1-3-17-37-21-10-8-20(9-11-21)25-23(26(34)24-19(2)30-22-7-4-5-14-32(22)24)27(35)28(36)33(25)15-6-13-31-16-12-29-18-31/h4-5,7-12,14,16,18,25,34H,3,6,13,15,17H2,1-2H3/b26-23+. The Morgan fingerprint density at radius 3 is 2.62 bits per heavy atom. The molecule has 190 valence electrons. The van der Waals surface area contributed by atoms with Gasteiger partial charge in [0.25, 0.3) is 11.7 Å². The summed E-state index contributed by atoms with van der Waals surface area (Å²) in [5.74, 6) is -0.861. The molecule has 1 unspecified atom stereocenters. The molecule has 1 aromatic carbocycles. The van der Waals surface area contributed by atoms with Gasteiger partial charge in [0.2, 0.25) is 0 Å². The molecular weight excluding hydrogens is 470 g/mol. The molecule has 1 saturated heterocycles. The number of pyridine rings is 1. The van der Waals surface area contributed by atoms with E-state index in [9.17, 15) is 14.7 Å². The average molecular weight is 500 g/mol. The fraction of sp³-hybridized carbons (Fsp3) is 0.286. The molecule has 9 heteroatoms. The molecule has 37 heavy (non-hydrogen) atoms. The maximum absolute atomic E-state index is 13.4. The number of rotatable bonds is 9. The number of aryl methyl sites for hydroxylation is 2. The summed E-state index contributed by atoms with van der Waals surface area (Å²) in [6.07, 6.45) is 8.55. The van der Waals surface area contributed by atoms with Crippen LogP contribution in [0.1, 0.15) is 42.8 Å². The molecule has 0 radical (unpaired) electrons. The highest BCUT2D eigenvalue weighted by Crippen LogP contribution is 2.40. The topological polar surface area (TPSA) is 102 Å². The van der Waals surface area contributed by atoms with Crippen molar-refractivity contribution in [2.24, 2.45) is 0 Å². The third kappa shape index (κ3) is 4.60. The number of hydrogen-bond donors (Lipinski definition) is 1. The Bertz CT molecular complexity index is 1450. The predicted molar refractivity (Wildman–Crippen MR) is 138 cm³/mol. The van der Waals surface area contributed by atoms with E-state index < -0.39 is 17.7 Å². The van der Waals surface area contributed by atoms with Crippen LogP contribution < -0.4 is 4.74 Å². The predicted octanol–water partition coefficient (Wildman–Crippen LogP) is 4.14. The minimum atomic E-state index is -0.739. The lowest BCUT2D eigenvalue weighted by molar-refractivity contribution is -0.139. The fourth-order valence-corrected chi connectivity index (χ4v) is 4.79. The number of ketones is 1. The fourth-order valence-electron chi connectivity index (χ4n) is 4.79. The molecule has 4 aromatic rings. The Kier molecular flexibility index (Phi) is 6.76.